The standard InChI is InChI=1S/C10H12S/c1-7-3-4-8(2)10-9(7)5-6-11-10/h4-7H,3H2,1-2H3. The van der Waals surface area contributed by atoms with Crippen LogP contribution >= 0.6 is 11.3 Å². The SMILES string of the molecule is CC1=CCC(C)c2ccsc21. The fraction of sp³-hybridized carbons (Fsp3) is 0.400. The summed E-state index contributed by atoms with van der Waals surface area (Å²) in [6.07, 6.45) is 3.57. The highest BCUT2D eigenvalue weighted by Crippen LogP contribution is 2.37. The predicted molar refractivity (Wildman–Crippen MR) is 51.0 cm³/mol. The lowest BCUT2D eigenvalue weighted by Crippen LogP contribution is -1.98. The highest BCUT2D eigenvalue weighted by Gasteiger charge is 2.16. The summed E-state index contributed by atoms with van der Waals surface area (Å²) in [5.74, 6) is 0.736. The van der Waals surface area contributed by atoms with E-state index in [0.717, 1.165) is 5.92 Å². The third-order valence-corrected chi connectivity index (χ3v) is 3.43. The average molecular weight is 164 g/mol. The number of hydrogen-bond donors (Lipinski definition) is 0. The first-order valence-corrected chi connectivity index (χ1v) is 4.91. The van der Waals surface area contributed by atoms with Crippen molar-refractivity contribution in [3.63, 3.8) is 0 Å². The van der Waals surface area contributed by atoms with Gasteiger partial charge in [0.2, 0.25) is 0 Å². The molecule has 0 radical (unpaired) electrons. The number of thiophene rings is 1. The number of fused-ring (bicyclic) bond motifs is 1. The van der Waals surface area contributed by atoms with Crippen LogP contribution in [0.5, 0.6) is 0 Å². The maximum atomic E-state index is 2.35. The molecule has 1 heteroatoms. The third-order valence-electron chi connectivity index (χ3n) is 2.36. The average Bonchev–Trinajstić information content (AvgIpc) is 2.45. The van der Waals surface area contributed by atoms with E-state index in [1.165, 1.54) is 16.9 Å². The quantitative estimate of drug-likeness (QED) is 0.549. The Kier molecular flexibility index (Phi) is 1.61. The number of allylic oxidation sites excluding steroid dienone is 2. The van der Waals surface area contributed by atoms with Crippen LogP contribution in [-0.4, -0.2) is 0 Å². The van der Waals surface area contributed by atoms with Crippen molar-refractivity contribution in [2.45, 2.75) is 26.2 Å². The third kappa shape index (κ3) is 1.04. The molecule has 0 aliphatic heterocycles. The Labute approximate surface area is 71.6 Å². The van der Waals surface area contributed by atoms with Gasteiger partial charge in [-0.3, -0.25) is 0 Å². The van der Waals surface area contributed by atoms with Crippen molar-refractivity contribution in [2.24, 2.45) is 0 Å². The lowest BCUT2D eigenvalue weighted by Gasteiger charge is -2.16. The van der Waals surface area contributed by atoms with E-state index in [1.54, 1.807) is 5.56 Å². The van der Waals surface area contributed by atoms with Crippen molar-refractivity contribution < 1.29 is 0 Å². The maximum absolute atomic E-state index is 2.35. The van der Waals surface area contributed by atoms with E-state index in [4.69, 9.17) is 0 Å². The van der Waals surface area contributed by atoms with Gasteiger partial charge in [-0.1, -0.05) is 13.0 Å². The molecule has 0 bridgehead atoms. The van der Waals surface area contributed by atoms with Crippen molar-refractivity contribution in [1.82, 2.24) is 0 Å². The summed E-state index contributed by atoms with van der Waals surface area (Å²) in [7, 11) is 0. The lowest BCUT2D eigenvalue weighted by atomic mass is 9.91. The Bertz CT molecular complexity index is 294. The second kappa shape index (κ2) is 2.49. The van der Waals surface area contributed by atoms with Crippen LogP contribution in [0.3, 0.4) is 0 Å². The lowest BCUT2D eigenvalue weighted by molar-refractivity contribution is 0.773. The van der Waals surface area contributed by atoms with Gasteiger partial charge in [-0.15, -0.1) is 11.3 Å². The Balaban J connectivity index is 2.55. The second-order valence-electron chi connectivity index (χ2n) is 3.23. The summed E-state index contributed by atoms with van der Waals surface area (Å²) >= 11 is 1.87. The van der Waals surface area contributed by atoms with E-state index < -0.39 is 0 Å². The molecule has 1 unspecified atom stereocenters. The fourth-order valence-electron chi connectivity index (χ4n) is 1.60. The maximum Gasteiger partial charge on any atom is 0.0331 e. The molecule has 11 heavy (non-hydrogen) atoms. The summed E-state index contributed by atoms with van der Waals surface area (Å²) in [5.41, 5.74) is 3.02. The van der Waals surface area contributed by atoms with Gasteiger partial charge in [0, 0.05) is 4.88 Å². The zero-order valence-electron chi connectivity index (χ0n) is 6.92. The molecular weight excluding hydrogens is 152 g/mol. The molecule has 58 valence electrons. The van der Waals surface area contributed by atoms with Gasteiger partial charge >= 0.3 is 0 Å². The van der Waals surface area contributed by atoms with E-state index in [-0.39, 0.29) is 0 Å². The van der Waals surface area contributed by atoms with Crippen LogP contribution in [0.2, 0.25) is 0 Å². The van der Waals surface area contributed by atoms with Crippen LogP contribution in [0.4, 0.5) is 0 Å². The molecule has 2 rings (SSSR count). The molecule has 0 N–H and O–H groups in total. The number of hydrogen-bond acceptors (Lipinski definition) is 1. The largest absolute Gasteiger partial charge is 0.144 e. The highest BCUT2D eigenvalue weighted by molar-refractivity contribution is 7.11. The Morgan fingerprint density at radius 1 is 1.55 bits per heavy atom. The summed E-state index contributed by atoms with van der Waals surface area (Å²) in [6, 6.07) is 2.27. The van der Waals surface area contributed by atoms with Gasteiger partial charge in [-0.25, -0.2) is 0 Å². The topological polar surface area (TPSA) is 0 Å². The van der Waals surface area contributed by atoms with Gasteiger partial charge in [-0.2, -0.15) is 0 Å². The van der Waals surface area contributed by atoms with Crippen LogP contribution < -0.4 is 0 Å². The van der Waals surface area contributed by atoms with E-state index >= 15 is 0 Å². The summed E-state index contributed by atoms with van der Waals surface area (Å²) < 4.78 is 0. The molecule has 0 saturated heterocycles. The van der Waals surface area contributed by atoms with Gasteiger partial charge < -0.3 is 0 Å². The molecule has 1 aliphatic carbocycles. The van der Waals surface area contributed by atoms with E-state index in [1.807, 2.05) is 11.3 Å². The Hall–Kier alpha value is -0.560. The van der Waals surface area contributed by atoms with Crippen LogP contribution in [0.1, 0.15) is 36.6 Å². The molecule has 0 nitrogen and oxygen atoms in total. The zero-order chi connectivity index (χ0) is 7.84. The summed E-state index contributed by atoms with van der Waals surface area (Å²) in [4.78, 5) is 1.50. The summed E-state index contributed by atoms with van der Waals surface area (Å²) in [6.45, 7) is 4.51. The van der Waals surface area contributed by atoms with Gasteiger partial charge in [0.25, 0.3) is 0 Å². The van der Waals surface area contributed by atoms with Gasteiger partial charge in [0.1, 0.15) is 0 Å². The van der Waals surface area contributed by atoms with Crippen LogP contribution in [0, 0.1) is 0 Å². The predicted octanol–water partition coefficient (Wildman–Crippen LogP) is 3.66. The van der Waals surface area contributed by atoms with Gasteiger partial charge in [0.05, 0.1) is 0 Å². The number of rotatable bonds is 0. The molecule has 0 fully saturated rings. The first-order chi connectivity index (χ1) is 5.29. The van der Waals surface area contributed by atoms with Crippen molar-refractivity contribution in [2.75, 3.05) is 0 Å². The van der Waals surface area contributed by atoms with Crippen molar-refractivity contribution in [3.8, 4) is 0 Å². The highest BCUT2D eigenvalue weighted by atomic mass is 32.1. The van der Waals surface area contributed by atoms with Crippen molar-refractivity contribution >= 4 is 16.9 Å². The van der Waals surface area contributed by atoms with Gasteiger partial charge in [-0.05, 0) is 41.8 Å². The smallest absolute Gasteiger partial charge is 0.0331 e. The minimum Gasteiger partial charge on any atom is -0.144 e. The monoisotopic (exact) mass is 164 g/mol. The van der Waals surface area contributed by atoms with Crippen molar-refractivity contribution in [1.29, 1.82) is 0 Å². The first-order valence-electron chi connectivity index (χ1n) is 4.03. The van der Waals surface area contributed by atoms with Crippen LogP contribution in [0.25, 0.3) is 5.57 Å². The Morgan fingerprint density at radius 3 is 3.09 bits per heavy atom. The minimum atomic E-state index is 0.736. The second-order valence-corrected chi connectivity index (χ2v) is 4.15. The van der Waals surface area contributed by atoms with Gasteiger partial charge in [0.15, 0.2) is 0 Å². The minimum absolute atomic E-state index is 0.736. The van der Waals surface area contributed by atoms with E-state index in [9.17, 15) is 0 Å². The molecule has 1 aromatic heterocycles. The molecular formula is C10H12S. The van der Waals surface area contributed by atoms with E-state index in [0.29, 0.717) is 0 Å². The molecule has 1 atom stereocenters. The van der Waals surface area contributed by atoms with Crippen LogP contribution in [0.15, 0.2) is 17.5 Å². The molecule has 1 aliphatic rings. The molecule has 0 amide bonds. The molecule has 1 aromatic rings. The summed E-state index contributed by atoms with van der Waals surface area (Å²) in [5, 5.41) is 2.20. The normalized spacial score (nSPS) is 22.7. The molecule has 0 saturated carbocycles. The fourth-order valence-corrected chi connectivity index (χ4v) is 2.63. The molecule has 0 aromatic carbocycles. The van der Waals surface area contributed by atoms with E-state index in [2.05, 4.69) is 31.4 Å². The molecule has 1 heterocycles. The Morgan fingerprint density at radius 2 is 2.36 bits per heavy atom. The molecule has 0 spiro atoms. The first kappa shape index (κ1) is 7.11. The van der Waals surface area contributed by atoms with Crippen LogP contribution in [-0.2, 0) is 0 Å². The van der Waals surface area contributed by atoms with Crippen molar-refractivity contribution in [3.05, 3.63) is 28.0 Å². The zero-order valence-corrected chi connectivity index (χ0v) is 7.74.